The second-order valence-electron chi connectivity index (χ2n) is 6.50. The molecule has 0 atom stereocenters. The van der Waals surface area contributed by atoms with Gasteiger partial charge < -0.3 is 15.4 Å². The molecule has 2 rings (SSSR count). The lowest BCUT2D eigenvalue weighted by Crippen LogP contribution is -2.24. The molecule has 10 heteroatoms. The summed E-state index contributed by atoms with van der Waals surface area (Å²) in [4.78, 5) is 12.3. The average Bonchev–Trinajstić information content (AvgIpc) is 2.63. The second kappa shape index (κ2) is 9.19. The van der Waals surface area contributed by atoms with Crippen LogP contribution in [0.2, 0.25) is 0 Å². The van der Waals surface area contributed by atoms with Crippen molar-refractivity contribution >= 4 is 27.3 Å². The number of benzene rings is 2. The Labute approximate surface area is 168 Å². The van der Waals surface area contributed by atoms with Crippen LogP contribution < -0.4 is 15.4 Å². The molecule has 0 saturated heterocycles. The number of amides is 1. The van der Waals surface area contributed by atoms with Crippen molar-refractivity contribution in [2.75, 3.05) is 31.3 Å². The smallest absolute Gasteiger partial charge is 0.387 e. The van der Waals surface area contributed by atoms with E-state index in [0.29, 0.717) is 11.4 Å². The minimum Gasteiger partial charge on any atom is -0.435 e. The van der Waals surface area contributed by atoms with Crippen LogP contribution in [-0.4, -0.2) is 45.9 Å². The van der Waals surface area contributed by atoms with Crippen molar-refractivity contribution in [3.05, 3.63) is 47.5 Å². The number of ether oxygens (including phenoxy) is 1. The van der Waals surface area contributed by atoms with Crippen molar-refractivity contribution in [2.45, 2.75) is 25.4 Å². The van der Waals surface area contributed by atoms with Gasteiger partial charge in [-0.25, -0.2) is 12.7 Å². The van der Waals surface area contributed by atoms with E-state index >= 15 is 0 Å². The summed E-state index contributed by atoms with van der Waals surface area (Å²) in [6.07, 6.45) is 0. The number of nitrogens with one attached hydrogen (secondary N) is 2. The molecule has 0 aliphatic rings. The second-order valence-corrected chi connectivity index (χ2v) is 8.66. The molecule has 1 amide bonds. The maximum Gasteiger partial charge on any atom is 0.387 e. The number of alkyl halides is 2. The third kappa shape index (κ3) is 5.88. The molecule has 2 aromatic rings. The highest BCUT2D eigenvalue weighted by Crippen LogP contribution is 2.25. The van der Waals surface area contributed by atoms with Gasteiger partial charge in [0.2, 0.25) is 15.9 Å². The highest BCUT2D eigenvalue weighted by molar-refractivity contribution is 7.89. The van der Waals surface area contributed by atoms with Gasteiger partial charge in [0, 0.05) is 25.5 Å². The molecular formula is C19H23F2N3O4S. The van der Waals surface area contributed by atoms with E-state index in [0.717, 1.165) is 15.4 Å². The van der Waals surface area contributed by atoms with Gasteiger partial charge in [-0.3, -0.25) is 4.79 Å². The summed E-state index contributed by atoms with van der Waals surface area (Å²) in [5, 5.41) is 5.56. The van der Waals surface area contributed by atoms with E-state index in [2.05, 4.69) is 15.4 Å². The van der Waals surface area contributed by atoms with Gasteiger partial charge in [0.15, 0.2) is 0 Å². The normalized spacial score (nSPS) is 11.6. The SMILES string of the molecule is Cc1cc(S(=O)(=O)N(C)C)cc(NCC(=O)Nc2ccc(OC(F)F)cc2)c1C. The van der Waals surface area contributed by atoms with Gasteiger partial charge in [-0.2, -0.15) is 8.78 Å². The monoisotopic (exact) mass is 427 g/mol. The van der Waals surface area contributed by atoms with Crippen LogP contribution in [0, 0.1) is 13.8 Å². The summed E-state index contributed by atoms with van der Waals surface area (Å²) < 4.78 is 54.5. The van der Waals surface area contributed by atoms with Crippen LogP contribution in [0.15, 0.2) is 41.3 Å². The molecule has 0 aliphatic carbocycles. The Morgan fingerprint density at radius 1 is 1.14 bits per heavy atom. The van der Waals surface area contributed by atoms with Crippen LogP contribution in [0.5, 0.6) is 5.75 Å². The number of nitrogens with zero attached hydrogens (tertiary/aromatic N) is 1. The molecule has 0 bridgehead atoms. The lowest BCUT2D eigenvalue weighted by Gasteiger charge is -2.17. The van der Waals surface area contributed by atoms with Crippen LogP contribution in [0.25, 0.3) is 0 Å². The van der Waals surface area contributed by atoms with Crippen LogP contribution in [0.1, 0.15) is 11.1 Å². The van der Waals surface area contributed by atoms with Crippen molar-refractivity contribution in [1.82, 2.24) is 4.31 Å². The van der Waals surface area contributed by atoms with Crippen molar-refractivity contribution < 1.29 is 26.7 Å². The molecule has 29 heavy (non-hydrogen) atoms. The quantitative estimate of drug-likeness (QED) is 0.676. The van der Waals surface area contributed by atoms with Crippen molar-refractivity contribution in [2.24, 2.45) is 0 Å². The minimum atomic E-state index is -3.61. The molecule has 0 spiro atoms. The lowest BCUT2D eigenvalue weighted by atomic mass is 10.1. The summed E-state index contributed by atoms with van der Waals surface area (Å²) >= 11 is 0. The number of hydrogen-bond donors (Lipinski definition) is 2. The van der Waals surface area contributed by atoms with E-state index < -0.39 is 16.6 Å². The van der Waals surface area contributed by atoms with Gasteiger partial charge >= 0.3 is 6.61 Å². The Morgan fingerprint density at radius 2 is 1.76 bits per heavy atom. The van der Waals surface area contributed by atoms with Gasteiger partial charge in [0.1, 0.15) is 5.75 Å². The fraction of sp³-hybridized carbons (Fsp3) is 0.316. The lowest BCUT2D eigenvalue weighted by molar-refractivity contribution is -0.114. The van der Waals surface area contributed by atoms with E-state index in [9.17, 15) is 22.0 Å². The number of rotatable bonds is 8. The van der Waals surface area contributed by atoms with Crippen molar-refractivity contribution in [3.8, 4) is 5.75 Å². The molecular weight excluding hydrogens is 404 g/mol. The largest absolute Gasteiger partial charge is 0.435 e. The van der Waals surface area contributed by atoms with Gasteiger partial charge in [0.25, 0.3) is 0 Å². The van der Waals surface area contributed by atoms with Gasteiger partial charge in [0.05, 0.1) is 11.4 Å². The molecule has 7 nitrogen and oxygen atoms in total. The zero-order chi connectivity index (χ0) is 21.8. The standard InChI is InChI=1S/C19H23F2N3O4S/c1-12-9-16(29(26,27)24(3)4)10-17(13(12)2)22-11-18(25)23-14-5-7-15(8-6-14)28-19(20)21/h5-10,19,22H,11H2,1-4H3,(H,23,25). The fourth-order valence-corrected chi connectivity index (χ4v) is 3.48. The number of carbonyl (C=O) groups excluding carboxylic acids is 1. The highest BCUT2D eigenvalue weighted by Gasteiger charge is 2.19. The fourth-order valence-electron chi connectivity index (χ4n) is 2.47. The number of carbonyl (C=O) groups is 1. The maximum atomic E-state index is 12.4. The summed E-state index contributed by atoms with van der Waals surface area (Å²) in [5.74, 6) is -0.397. The maximum absolute atomic E-state index is 12.4. The van der Waals surface area contributed by atoms with Crippen LogP contribution in [0.3, 0.4) is 0 Å². The van der Waals surface area contributed by atoms with E-state index in [1.54, 1.807) is 13.0 Å². The molecule has 0 heterocycles. The first-order chi connectivity index (χ1) is 13.5. The average molecular weight is 427 g/mol. The predicted molar refractivity (Wildman–Crippen MR) is 107 cm³/mol. The topological polar surface area (TPSA) is 87.7 Å². The molecule has 2 aromatic carbocycles. The highest BCUT2D eigenvalue weighted by atomic mass is 32.2. The van der Waals surface area contributed by atoms with E-state index in [1.165, 1.54) is 44.4 Å². The minimum absolute atomic E-state index is 0.0128. The van der Waals surface area contributed by atoms with Crippen LogP contribution >= 0.6 is 0 Å². The van der Waals surface area contributed by atoms with Crippen LogP contribution in [0.4, 0.5) is 20.2 Å². The van der Waals surface area contributed by atoms with E-state index in [4.69, 9.17) is 0 Å². The molecule has 0 unspecified atom stereocenters. The summed E-state index contributed by atoms with van der Waals surface area (Å²) in [6, 6.07) is 8.58. The predicted octanol–water partition coefficient (Wildman–Crippen LogP) is 3.21. The Morgan fingerprint density at radius 3 is 2.31 bits per heavy atom. The van der Waals surface area contributed by atoms with Gasteiger partial charge in [-0.15, -0.1) is 0 Å². The first-order valence-electron chi connectivity index (χ1n) is 8.63. The van der Waals surface area contributed by atoms with Crippen molar-refractivity contribution in [3.63, 3.8) is 0 Å². The zero-order valence-electron chi connectivity index (χ0n) is 16.5. The third-order valence-electron chi connectivity index (χ3n) is 4.22. The molecule has 0 radical (unpaired) electrons. The number of aryl methyl sites for hydroxylation is 1. The van der Waals surface area contributed by atoms with E-state index in [1.807, 2.05) is 6.92 Å². The number of hydrogen-bond acceptors (Lipinski definition) is 5. The first kappa shape index (κ1) is 22.6. The van der Waals surface area contributed by atoms with Crippen LogP contribution in [-0.2, 0) is 14.8 Å². The van der Waals surface area contributed by atoms with E-state index in [-0.39, 0.29) is 23.1 Å². The van der Waals surface area contributed by atoms with Gasteiger partial charge in [-0.1, -0.05) is 0 Å². The Balaban J connectivity index is 2.07. The number of sulfonamides is 1. The van der Waals surface area contributed by atoms with Gasteiger partial charge in [-0.05, 0) is 61.4 Å². The Kier molecular flexibility index (Phi) is 7.15. The zero-order valence-corrected chi connectivity index (χ0v) is 17.3. The Hall–Kier alpha value is -2.72. The Bertz CT molecular complexity index is 978. The number of anilines is 2. The third-order valence-corrected chi connectivity index (χ3v) is 6.01. The summed E-state index contributed by atoms with van der Waals surface area (Å²) in [6.45, 7) is 0.585. The summed E-state index contributed by atoms with van der Waals surface area (Å²) in [7, 11) is -0.717. The molecule has 0 fully saturated rings. The molecule has 0 aromatic heterocycles. The molecule has 158 valence electrons. The number of halogens is 2. The molecule has 0 aliphatic heterocycles. The van der Waals surface area contributed by atoms with Crippen molar-refractivity contribution in [1.29, 1.82) is 0 Å². The summed E-state index contributed by atoms with van der Waals surface area (Å²) in [5.41, 5.74) is 2.53. The molecule has 0 saturated carbocycles. The molecule has 2 N–H and O–H groups in total. The first-order valence-corrected chi connectivity index (χ1v) is 10.1.